The largest absolute Gasteiger partial charge is 0.300 e. The molecule has 0 aromatic heterocycles. The highest BCUT2D eigenvalue weighted by Gasteiger charge is 2.13. The van der Waals surface area contributed by atoms with E-state index in [1.165, 1.54) is 0 Å². The van der Waals surface area contributed by atoms with Crippen LogP contribution in [0.1, 0.15) is 72.6 Å². The predicted octanol–water partition coefficient (Wildman–Crippen LogP) is 3.92. The van der Waals surface area contributed by atoms with Crippen molar-refractivity contribution >= 4 is 11.6 Å². The third kappa shape index (κ3) is 9.88. The van der Waals surface area contributed by atoms with Gasteiger partial charge in [-0.15, -0.1) is 0 Å². The Bertz CT molecular complexity index is 223. The number of hydrogen-bond acceptors (Lipinski definition) is 2. The van der Waals surface area contributed by atoms with E-state index in [0.29, 0.717) is 25.7 Å². The average molecular weight is 226 g/mol. The van der Waals surface area contributed by atoms with E-state index >= 15 is 0 Å². The van der Waals surface area contributed by atoms with Crippen LogP contribution in [-0.4, -0.2) is 11.6 Å². The van der Waals surface area contributed by atoms with Gasteiger partial charge in [-0.25, -0.2) is 0 Å². The Balaban J connectivity index is 3.61. The minimum atomic E-state index is 0.210. The summed E-state index contributed by atoms with van der Waals surface area (Å²) in [5.41, 5.74) is 0.210. The van der Waals surface area contributed by atoms with Crippen molar-refractivity contribution in [1.82, 2.24) is 0 Å². The van der Waals surface area contributed by atoms with Crippen molar-refractivity contribution in [1.29, 1.82) is 0 Å². The van der Waals surface area contributed by atoms with Crippen LogP contribution in [-0.2, 0) is 9.59 Å². The molecule has 0 aliphatic carbocycles. The second-order valence-corrected chi connectivity index (χ2v) is 5.74. The monoisotopic (exact) mass is 226 g/mol. The number of ketones is 2. The van der Waals surface area contributed by atoms with Crippen molar-refractivity contribution in [3.8, 4) is 0 Å². The Morgan fingerprint density at radius 2 is 1.38 bits per heavy atom. The Labute approximate surface area is 99.8 Å². The molecule has 0 fully saturated rings. The summed E-state index contributed by atoms with van der Waals surface area (Å²) in [5, 5.41) is 0. The zero-order valence-corrected chi connectivity index (χ0v) is 11.3. The summed E-state index contributed by atoms with van der Waals surface area (Å²) in [6.07, 6.45) is 5.06. The summed E-state index contributed by atoms with van der Waals surface area (Å²) < 4.78 is 0. The molecule has 2 heteroatoms. The Kier molecular flexibility index (Phi) is 7.27. The Morgan fingerprint density at radius 1 is 0.875 bits per heavy atom. The zero-order valence-electron chi connectivity index (χ0n) is 11.3. The first kappa shape index (κ1) is 15.3. The van der Waals surface area contributed by atoms with Gasteiger partial charge in [-0.05, 0) is 18.3 Å². The van der Waals surface area contributed by atoms with Crippen LogP contribution in [0.15, 0.2) is 0 Å². The summed E-state index contributed by atoms with van der Waals surface area (Å²) in [5.74, 6) is 0.478. The molecule has 0 aromatic carbocycles. The summed E-state index contributed by atoms with van der Waals surface area (Å²) in [4.78, 5) is 22.9. The van der Waals surface area contributed by atoms with Crippen LogP contribution in [0.5, 0.6) is 0 Å². The van der Waals surface area contributed by atoms with E-state index in [2.05, 4.69) is 27.7 Å². The lowest BCUT2D eigenvalue weighted by atomic mass is 9.89. The van der Waals surface area contributed by atoms with Gasteiger partial charge in [-0.1, -0.05) is 34.1 Å². The number of unbranched alkanes of at least 4 members (excludes halogenated alkanes) is 1. The smallest absolute Gasteiger partial charge is 0.133 e. The van der Waals surface area contributed by atoms with Gasteiger partial charge >= 0.3 is 0 Å². The van der Waals surface area contributed by atoms with Crippen molar-refractivity contribution in [2.45, 2.75) is 72.6 Å². The van der Waals surface area contributed by atoms with Crippen molar-refractivity contribution in [3.05, 3.63) is 0 Å². The number of carbonyl (C=O) groups excluding carboxylic acids is 2. The summed E-state index contributed by atoms with van der Waals surface area (Å²) in [6, 6.07) is 0. The molecule has 0 aromatic rings. The summed E-state index contributed by atoms with van der Waals surface area (Å²) in [7, 11) is 0. The van der Waals surface area contributed by atoms with Crippen LogP contribution in [0.4, 0.5) is 0 Å². The molecule has 0 aliphatic heterocycles. The van der Waals surface area contributed by atoms with E-state index < -0.39 is 0 Å². The second-order valence-electron chi connectivity index (χ2n) is 5.74. The maximum absolute atomic E-state index is 11.5. The highest BCUT2D eigenvalue weighted by molar-refractivity contribution is 5.85. The zero-order chi connectivity index (χ0) is 12.6. The Hall–Kier alpha value is -0.660. The maximum atomic E-state index is 11.5. The van der Waals surface area contributed by atoms with Crippen LogP contribution in [0.25, 0.3) is 0 Å². The van der Waals surface area contributed by atoms with Crippen LogP contribution in [0.2, 0.25) is 0 Å². The molecule has 0 aliphatic rings. The molecule has 0 spiro atoms. The highest BCUT2D eigenvalue weighted by atomic mass is 16.1. The van der Waals surface area contributed by atoms with Crippen molar-refractivity contribution in [3.63, 3.8) is 0 Å². The minimum absolute atomic E-state index is 0.210. The van der Waals surface area contributed by atoms with Crippen molar-refractivity contribution in [2.24, 2.45) is 5.41 Å². The third-order valence-corrected chi connectivity index (χ3v) is 2.65. The second kappa shape index (κ2) is 7.59. The molecule has 0 heterocycles. The topological polar surface area (TPSA) is 34.1 Å². The van der Waals surface area contributed by atoms with Gasteiger partial charge < -0.3 is 0 Å². The molecule has 0 rings (SSSR count). The van der Waals surface area contributed by atoms with Crippen LogP contribution in [0, 0.1) is 5.41 Å². The molecule has 0 bridgehead atoms. The molecular formula is C14H26O2. The fraction of sp³-hybridized carbons (Fsp3) is 0.857. The lowest BCUT2D eigenvalue weighted by molar-refractivity contribution is -0.124. The molecule has 16 heavy (non-hydrogen) atoms. The molecule has 0 saturated carbocycles. The average Bonchev–Trinajstić information content (AvgIpc) is 2.19. The van der Waals surface area contributed by atoms with Crippen LogP contribution < -0.4 is 0 Å². The van der Waals surface area contributed by atoms with Crippen molar-refractivity contribution in [2.75, 3.05) is 0 Å². The van der Waals surface area contributed by atoms with Gasteiger partial charge in [0.25, 0.3) is 0 Å². The first-order chi connectivity index (χ1) is 7.35. The van der Waals surface area contributed by atoms with E-state index in [4.69, 9.17) is 0 Å². The SMILES string of the molecule is CCCCC(=O)CCC(=O)CCC(C)(C)C. The van der Waals surface area contributed by atoms with Crippen molar-refractivity contribution < 1.29 is 9.59 Å². The third-order valence-electron chi connectivity index (χ3n) is 2.65. The predicted molar refractivity (Wildman–Crippen MR) is 67.5 cm³/mol. The number of rotatable bonds is 8. The van der Waals surface area contributed by atoms with E-state index in [1.54, 1.807) is 0 Å². The van der Waals surface area contributed by atoms with Gasteiger partial charge in [-0.2, -0.15) is 0 Å². The van der Waals surface area contributed by atoms with Gasteiger partial charge in [0.05, 0.1) is 0 Å². The van der Waals surface area contributed by atoms with Gasteiger partial charge in [0.15, 0.2) is 0 Å². The molecule has 0 atom stereocenters. The van der Waals surface area contributed by atoms with Gasteiger partial charge in [0.1, 0.15) is 11.6 Å². The summed E-state index contributed by atoms with van der Waals surface area (Å²) in [6.45, 7) is 8.47. The number of hydrogen-bond donors (Lipinski definition) is 0. The van der Waals surface area contributed by atoms with Gasteiger partial charge in [-0.3, -0.25) is 9.59 Å². The number of Topliss-reactive ketones (excluding diaryl/α,β-unsaturated/α-hetero) is 2. The first-order valence-corrected chi connectivity index (χ1v) is 6.38. The van der Waals surface area contributed by atoms with E-state index in [9.17, 15) is 9.59 Å². The van der Waals surface area contributed by atoms with E-state index in [1.807, 2.05) is 0 Å². The fourth-order valence-electron chi connectivity index (χ4n) is 1.42. The minimum Gasteiger partial charge on any atom is -0.300 e. The lowest BCUT2D eigenvalue weighted by Gasteiger charge is -2.16. The van der Waals surface area contributed by atoms with E-state index in [-0.39, 0.29) is 17.0 Å². The molecule has 94 valence electrons. The molecular weight excluding hydrogens is 200 g/mol. The molecule has 0 unspecified atom stereocenters. The molecule has 0 radical (unpaired) electrons. The molecule has 0 saturated heterocycles. The van der Waals surface area contributed by atoms with Gasteiger partial charge in [0.2, 0.25) is 0 Å². The first-order valence-electron chi connectivity index (χ1n) is 6.38. The fourth-order valence-corrected chi connectivity index (χ4v) is 1.42. The van der Waals surface area contributed by atoms with Crippen LogP contribution >= 0.6 is 0 Å². The number of carbonyl (C=O) groups is 2. The lowest BCUT2D eigenvalue weighted by Crippen LogP contribution is -2.10. The molecule has 0 N–H and O–H groups in total. The summed E-state index contributed by atoms with van der Waals surface area (Å²) >= 11 is 0. The quantitative estimate of drug-likeness (QED) is 0.628. The highest BCUT2D eigenvalue weighted by Crippen LogP contribution is 2.21. The van der Waals surface area contributed by atoms with Gasteiger partial charge in [0, 0.05) is 25.7 Å². The normalized spacial score (nSPS) is 11.5. The standard InChI is InChI=1S/C14H26O2/c1-5-6-7-12(15)8-9-13(16)10-11-14(2,3)4/h5-11H2,1-4H3. The van der Waals surface area contributed by atoms with E-state index in [0.717, 1.165) is 19.3 Å². The van der Waals surface area contributed by atoms with Crippen LogP contribution in [0.3, 0.4) is 0 Å². The molecule has 0 amide bonds. The molecule has 2 nitrogen and oxygen atoms in total. The Morgan fingerprint density at radius 3 is 1.81 bits per heavy atom. The maximum Gasteiger partial charge on any atom is 0.133 e.